The second kappa shape index (κ2) is 3.90. The molecule has 2 heterocycles. The van der Waals surface area contributed by atoms with E-state index in [1.165, 1.54) is 5.56 Å². The number of pyridine rings is 1. The first-order valence-electron chi connectivity index (χ1n) is 5.35. The van der Waals surface area contributed by atoms with Crippen LogP contribution in [0, 0.1) is 6.92 Å². The van der Waals surface area contributed by atoms with Crippen LogP contribution in [0.3, 0.4) is 0 Å². The topological polar surface area (TPSA) is 26.0 Å². The van der Waals surface area contributed by atoms with Crippen molar-refractivity contribution in [2.24, 2.45) is 0 Å². The Hall–Kier alpha value is -1.80. The molecule has 0 atom stereocenters. The second-order valence-corrected chi connectivity index (χ2v) is 4.38. The molecule has 0 amide bonds. The maximum absolute atomic E-state index is 5.91. The third-order valence-corrected chi connectivity index (χ3v) is 2.96. The molecule has 84 valence electrons. The molecule has 0 aliphatic heterocycles. The summed E-state index contributed by atoms with van der Waals surface area (Å²) in [6, 6.07) is 11.8. The number of aromatic nitrogens is 1. The van der Waals surface area contributed by atoms with Crippen molar-refractivity contribution in [3.63, 3.8) is 0 Å². The summed E-state index contributed by atoms with van der Waals surface area (Å²) in [4.78, 5) is 4.31. The third kappa shape index (κ3) is 1.81. The molecule has 2 nitrogen and oxygen atoms in total. The van der Waals surface area contributed by atoms with Gasteiger partial charge in [0, 0.05) is 5.56 Å². The Morgan fingerprint density at radius 2 is 1.82 bits per heavy atom. The summed E-state index contributed by atoms with van der Waals surface area (Å²) in [7, 11) is 0. The highest BCUT2D eigenvalue weighted by Crippen LogP contribution is 2.30. The predicted octanol–water partition coefficient (Wildman–Crippen LogP) is 4.46. The summed E-state index contributed by atoms with van der Waals surface area (Å²) < 4.78 is 5.47. The van der Waals surface area contributed by atoms with Crippen molar-refractivity contribution in [1.82, 2.24) is 4.98 Å². The van der Waals surface area contributed by atoms with Gasteiger partial charge in [-0.05, 0) is 24.6 Å². The van der Waals surface area contributed by atoms with Crippen LogP contribution in [0.4, 0.5) is 0 Å². The van der Waals surface area contributed by atoms with Gasteiger partial charge in [-0.3, -0.25) is 0 Å². The molecule has 1 aromatic carbocycles. The zero-order chi connectivity index (χ0) is 11.8. The summed E-state index contributed by atoms with van der Waals surface area (Å²) in [6.07, 6.45) is 1.72. The van der Waals surface area contributed by atoms with E-state index in [1.54, 1.807) is 12.3 Å². The fraction of sp³-hybridized carbons (Fsp3) is 0.0714. The normalized spacial score (nSPS) is 10.9. The standard InChI is InChI=1S/C14H10ClNO/c1-9-2-4-10(5-3-9)11-8-17-12-6-7-13(15)16-14(11)12/h2-8H,1H3. The van der Waals surface area contributed by atoms with Crippen LogP contribution in [0.5, 0.6) is 0 Å². The minimum absolute atomic E-state index is 0.479. The lowest BCUT2D eigenvalue weighted by Crippen LogP contribution is -1.80. The highest BCUT2D eigenvalue weighted by Gasteiger charge is 2.09. The fourth-order valence-electron chi connectivity index (χ4n) is 1.83. The lowest BCUT2D eigenvalue weighted by molar-refractivity contribution is 0.616. The number of benzene rings is 1. The summed E-state index contributed by atoms with van der Waals surface area (Å²) in [6.45, 7) is 2.06. The van der Waals surface area contributed by atoms with Crippen LogP contribution in [0.15, 0.2) is 47.1 Å². The van der Waals surface area contributed by atoms with Gasteiger partial charge in [0.15, 0.2) is 5.58 Å². The predicted molar refractivity (Wildman–Crippen MR) is 69.2 cm³/mol. The molecule has 0 fully saturated rings. The molecule has 0 saturated carbocycles. The van der Waals surface area contributed by atoms with E-state index in [2.05, 4.69) is 36.2 Å². The van der Waals surface area contributed by atoms with Crippen LogP contribution < -0.4 is 0 Å². The minimum atomic E-state index is 0.479. The lowest BCUT2D eigenvalue weighted by atomic mass is 10.1. The minimum Gasteiger partial charge on any atom is -0.462 e. The molecule has 3 heteroatoms. The van der Waals surface area contributed by atoms with Gasteiger partial charge in [-0.1, -0.05) is 41.4 Å². The number of aryl methyl sites for hydroxylation is 1. The Morgan fingerprint density at radius 1 is 1.06 bits per heavy atom. The number of furan rings is 1. The number of hydrogen-bond acceptors (Lipinski definition) is 2. The Morgan fingerprint density at radius 3 is 2.59 bits per heavy atom. The molecule has 3 rings (SSSR count). The van der Waals surface area contributed by atoms with Gasteiger partial charge >= 0.3 is 0 Å². The first kappa shape index (κ1) is 10.4. The van der Waals surface area contributed by atoms with E-state index in [0.29, 0.717) is 5.15 Å². The zero-order valence-electron chi connectivity index (χ0n) is 9.27. The number of halogens is 1. The van der Waals surface area contributed by atoms with Gasteiger partial charge in [0.05, 0.1) is 0 Å². The maximum Gasteiger partial charge on any atom is 0.153 e. The zero-order valence-corrected chi connectivity index (χ0v) is 10.0. The van der Waals surface area contributed by atoms with Crippen LogP contribution in [-0.2, 0) is 0 Å². The van der Waals surface area contributed by atoms with E-state index in [1.807, 2.05) is 6.07 Å². The van der Waals surface area contributed by atoms with Gasteiger partial charge in [0.25, 0.3) is 0 Å². The Labute approximate surface area is 104 Å². The molecule has 2 aromatic heterocycles. The van der Waals surface area contributed by atoms with Crippen molar-refractivity contribution < 1.29 is 4.42 Å². The molecule has 0 aliphatic rings. The number of rotatable bonds is 1. The molecule has 0 N–H and O–H groups in total. The van der Waals surface area contributed by atoms with Gasteiger partial charge in [-0.2, -0.15) is 0 Å². The van der Waals surface area contributed by atoms with E-state index >= 15 is 0 Å². The molecule has 0 spiro atoms. The molecular weight excluding hydrogens is 234 g/mol. The van der Waals surface area contributed by atoms with Gasteiger partial charge in [0.1, 0.15) is 16.9 Å². The largest absolute Gasteiger partial charge is 0.462 e. The van der Waals surface area contributed by atoms with Crippen molar-refractivity contribution in [1.29, 1.82) is 0 Å². The van der Waals surface area contributed by atoms with E-state index in [9.17, 15) is 0 Å². The average molecular weight is 244 g/mol. The van der Waals surface area contributed by atoms with Crippen molar-refractivity contribution in [2.45, 2.75) is 6.92 Å². The summed E-state index contributed by atoms with van der Waals surface area (Å²) in [5.41, 5.74) is 4.85. The fourth-order valence-corrected chi connectivity index (χ4v) is 1.97. The monoisotopic (exact) mass is 243 g/mol. The molecule has 17 heavy (non-hydrogen) atoms. The second-order valence-electron chi connectivity index (χ2n) is 4.00. The quantitative estimate of drug-likeness (QED) is 0.590. The van der Waals surface area contributed by atoms with Crippen LogP contribution in [0.1, 0.15) is 5.56 Å². The Bertz CT molecular complexity index is 670. The molecule has 0 saturated heterocycles. The van der Waals surface area contributed by atoms with Crippen molar-refractivity contribution >= 4 is 22.7 Å². The van der Waals surface area contributed by atoms with Crippen molar-refractivity contribution in [3.8, 4) is 11.1 Å². The molecular formula is C14H10ClNO. The first-order valence-corrected chi connectivity index (χ1v) is 5.72. The third-order valence-electron chi connectivity index (χ3n) is 2.75. The smallest absolute Gasteiger partial charge is 0.153 e. The highest BCUT2D eigenvalue weighted by molar-refractivity contribution is 6.29. The first-order chi connectivity index (χ1) is 8.24. The number of nitrogens with zero attached hydrogens (tertiary/aromatic N) is 1. The van der Waals surface area contributed by atoms with Crippen LogP contribution in [0.2, 0.25) is 5.15 Å². The Balaban J connectivity index is 2.23. The molecule has 0 radical (unpaired) electrons. The van der Waals surface area contributed by atoms with Gasteiger partial charge in [-0.25, -0.2) is 4.98 Å². The van der Waals surface area contributed by atoms with Crippen molar-refractivity contribution in [2.75, 3.05) is 0 Å². The Kier molecular flexibility index (Phi) is 2.37. The van der Waals surface area contributed by atoms with Gasteiger partial charge < -0.3 is 4.42 Å². The summed E-state index contributed by atoms with van der Waals surface area (Å²) in [5.74, 6) is 0. The summed E-state index contributed by atoms with van der Waals surface area (Å²) >= 11 is 5.91. The maximum atomic E-state index is 5.91. The SMILES string of the molecule is Cc1ccc(-c2coc3ccc(Cl)nc23)cc1. The average Bonchev–Trinajstić information content (AvgIpc) is 2.73. The van der Waals surface area contributed by atoms with E-state index in [0.717, 1.165) is 22.2 Å². The van der Waals surface area contributed by atoms with E-state index < -0.39 is 0 Å². The van der Waals surface area contributed by atoms with Crippen LogP contribution in [0.25, 0.3) is 22.2 Å². The molecule has 0 aliphatic carbocycles. The lowest BCUT2D eigenvalue weighted by Gasteiger charge is -1.99. The van der Waals surface area contributed by atoms with Crippen LogP contribution >= 0.6 is 11.6 Å². The number of hydrogen-bond donors (Lipinski definition) is 0. The molecule has 0 unspecified atom stereocenters. The van der Waals surface area contributed by atoms with E-state index in [-0.39, 0.29) is 0 Å². The molecule has 0 bridgehead atoms. The number of fused-ring (bicyclic) bond motifs is 1. The summed E-state index contributed by atoms with van der Waals surface area (Å²) in [5, 5.41) is 0.479. The highest BCUT2D eigenvalue weighted by atomic mass is 35.5. The van der Waals surface area contributed by atoms with Gasteiger partial charge in [0.2, 0.25) is 0 Å². The molecule has 3 aromatic rings. The van der Waals surface area contributed by atoms with E-state index in [4.69, 9.17) is 16.0 Å². The van der Waals surface area contributed by atoms with Crippen molar-refractivity contribution in [3.05, 3.63) is 53.4 Å². The van der Waals surface area contributed by atoms with Crippen LogP contribution in [-0.4, -0.2) is 4.98 Å². The van der Waals surface area contributed by atoms with Gasteiger partial charge in [-0.15, -0.1) is 0 Å².